The Hall–Kier alpha value is -1.80. The van der Waals surface area contributed by atoms with Gasteiger partial charge in [-0.05, 0) is 17.2 Å². The van der Waals surface area contributed by atoms with Crippen molar-refractivity contribution in [3.05, 3.63) is 66.0 Å². The minimum Gasteiger partial charge on any atom is -0.516 e. The first-order chi connectivity index (χ1) is 7.86. The summed E-state index contributed by atoms with van der Waals surface area (Å²) >= 11 is 0. The lowest BCUT2D eigenvalue weighted by Gasteiger charge is -1.99. The number of hydrogen-bond donors (Lipinski definition) is 1. The molecule has 2 nitrogen and oxygen atoms in total. The molecule has 2 heteroatoms. The van der Waals surface area contributed by atoms with Crippen molar-refractivity contribution in [2.24, 2.45) is 0 Å². The van der Waals surface area contributed by atoms with Crippen LogP contribution in [0.15, 0.2) is 54.8 Å². The van der Waals surface area contributed by atoms with E-state index in [-0.39, 0.29) is 0 Å². The van der Waals surface area contributed by atoms with Gasteiger partial charge in [-0.15, -0.1) is 0 Å². The van der Waals surface area contributed by atoms with E-state index in [9.17, 15) is 0 Å². The van der Waals surface area contributed by atoms with Crippen molar-refractivity contribution in [2.45, 2.75) is 6.61 Å². The Morgan fingerprint density at radius 2 is 1.75 bits per heavy atom. The standard InChI is InChI=1S/C14H16O2/c1-16-12-14-9-7-13(8-10-14)6-4-2-3-5-11-15/h2-11,15H,12H2,1H3/b3-2-,6-4-,11-5+. The van der Waals surface area contributed by atoms with Crippen LogP contribution in [0, 0.1) is 0 Å². The second-order valence-corrected chi connectivity index (χ2v) is 3.26. The molecule has 0 aliphatic heterocycles. The van der Waals surface area contributed by atoms with Gasteiger partial charge < -0.3 is 9.84 Å². The van der Waals surface area contributed by atoms with Crippen molar-refractivity contribution >= 4 is 6.08 Å². The molecule has 1 N–H and O–H groups in total. The highest BCUT2D eigenvalue weighted by molar-refractivity contribution is 5.51. The Morgan fingerprint density at radius 1 is 1.06 bits per heavy atom. The summed E-state index contributed by atoms with van der Waals surface area (Å²) in [5, 5.41) is 8.40. The van der Waals surface area contributed by atoms with Crippen LogP contribution in [0.5, 0.6) is 0 Å². The van der Waals surface area contributed by atoms with Gasteiger partial charge in [0.25, 0.3) is 0 Å². The van der Waals surface area contributed by atoms with Crippen molar-refractivity contribution in [1.82, 2.24) is 0 Å². The fourth-order valence-corrected chi connectivity index (χ4v) is 1.24. The zero-order valence-corrected chi connectivity index (χ0v) is 9.34. The fraction of sp³-hybridized carbons (Fsp3) is 0.143. The molecular formula is C14H16O2. The number of aliphatic hydroxyl groups excluding tert-OH is 1. The lowest BCUT2D eigenvalue weighted by Crippen LogP contribution is -1.86. The van der Waals surface area contributed by atoms with E-state index in [0.717, 1.165) is 11.8 Å². The summed E-state index contributed by atoms with van der Waals surface area (Å²) < 4.78 is 5.03. The maximum Gasteiger partial charge on any atom is 0.0791 e. The van der Waals surface area contributed by atoms with Gasteiger partial charge in [0.05, 0.1) is 12.9 Å². The van der Waals surface area contributed by atoms with Crippen LogP contribution in [0.1, 0.15) is 11.1 Å². The molecule has 1 aromatic carbocycles. The average molecular weight is 216 g/mol. The van der Waals surface area contributed by atoms with Gasteiger partial charge in [-0.2, -0.15) is 0 Å². The van der Waals surface area contributed by atoms with E-state index in [0.29, 0.717) is 6.61 Å². The third kappa shape index (κ3) is 4.62. The molecule has 1 rings (SSSR count). The van der Waals surface area contributed by atoms with E-state index in [1.54, 1.807) is 19.3 Å². The molecule has 0 saturated carbocycles. The zero-order chi connectivity index (χ0) is 11.6. The summed E-state index contributed by atoms with van der Waals surface area (Å²) in [6.07, 6.45) is 10.1. The molecule has 0 spiro atoms. The number of hydrogen-bond acceptors (Lipinski definition) is 2. The van der Waals surface area contributed by atoms with Crippen LogP contribution in [-0.4, -0.2) is 12.2 Å². The van der Waals surface area contributed by atoms with Gasteiger partial charge in [0, 0.05) is 7.11 Å². The van der Waals surface area contributed by atoms with E-state index in [1.807, 2.05) is 42.5 Å². The lowest BCUT2D eigenvalue weighted by atomic mass is 10.1. The first-order valence-corrected chi connectivity index (χ1v) is 5.09. The van der Waals surface area contributed by atoms with Gasteiger partial charge >= 0.3 is 0 Å². The molecule has 0 heterocycles. The molecule has 0 radical (unpaired) electrons. The maximum absolute atomic E-state index is 8.40. The van der Waals surface area contributed by atoms with Gasteiger partial charge in [-0.25, -0.2) is 0 Å². The number of benzene rings is 1. The van der Waals surface area contributed by atoms with Crippen LogP contribution >= 0.6 is 0 Å². The number of aliphatic hydroxyl groups is 1. The molecule has 0 unspecified atom stereocenters. The number of rotatable bonds is 5. The fourth-order valence-electron chi connectivity index (χ4n) is 1.24. The van der Waals surface area contributed by atoms with E-state index in [4.69, 9.17) is 9.84 Å². The third-order valence-electron chi connectivity index (χ3n) is 2.00. The van der Waals surface area contributed by atoms with E-state index in [2.05, 4.69) is 0 Å². The van der Waals surface area contributed by atoms with Crippen LogP contribution in [0.3, 0.4) is 0 Å². The average Bonchev–Trinajstić information content (AvgIpc) is 2.31. The Morgan fingerprint density at radius 3 is 2.38 bits per heavy atom. The second-order valence-electron chi connectivity index (χ2n) is 3.26. The highest BCUT2D eigenvalue weighted by Crippen LogP contribution is 2.07. The summed E-state index contributed by atoms with van der Waals surface area (Å²) in [6, 6.07) is 8.17. The van der Waals surface area contributed by atoms with Gasteiger partial charge in [-0.3, -0.25) is 0 Å². The van der Waals surface area contributed by atoms with Crippen LogP contribution in [0.2, 0.25) is 0 Å². The minimum absolute atomic E-state index is 0.644. The SMILES string of the molecule is COCc1ccc(\C=C/C=C\C=C\O)cc1. The summed E-state index contributed by atoms with van der Waals surface area (Å²) in [4.78, 5) is 0. The van der Waals surface area contributed by atoms with Crippen molar-refractivity contribution in [3.63, 3.8) is 0 Å². The highest BCUT2D eigenvalue weighted by atomic mass is 16.5. The first-order valence-electron chi connectivity index (χ1n) is 5.09. The molecule has 0 aliphatic rings. The summed E-state index contributed by atoms with van der Waals surface area (Å²) in [6.45, 7) is 0.644. The second kappa shape index (κ2) is 7.49. The van der Waals surface area contributed by atoms with E-state index in [1.165, 1.54) is 5.56 Å². The van der Waals surface area contributed by atoms with Crippen LogP contribution < -0.4 is 0 Å². The molecule has 0 fully saturated rings. The molecule has 0 aromatic heterocycles. The Bertz CT molecular complexity index is 372. The topological polar surface area (TPSA) is 29.5 Å². The van der Waals surface area contributed by atoms with Crippen LogP contribution in [-0.2, 0) is 11.3 Å². The van der Waals surface area contributed by atoms with Gasteiger partial charge in [0.1, 0.15) is 0 Å². The predicted molar refractivity (Wildman–Crippen MR) is 67.1 cm³/mol. The highest BCUT2D eigenvalue weighted by Gasteiger charge is 1.90. The number of allylic oxidation sites excluding steroid dienone is 4. The Kier molecular flexibility index (Phi) is 5.74. The quantitative estimate of drug-likeness (QED) is 0.603. The molecule has 0 aliphatic carbocycles. The zero-order valence-electron chi connectivity index (χ0n) is 9.34. The molecule has 16 heavy (non-hydrogen) atoms. The van der Waals surface area contributed by atoms with Crippen molar-refractivity contribution in [2.75, 3.05) is 7.11 Å². The molecule has 1 aromatic rings. The summed E-state index contributed by atoms with van der Waals surface area (Å²) in [5.41, 5.74) is 2.30. The minimum atomic E-state index is 0.644. The molecule has 84 valence electrons. The van der Waals surface area contributed by atoms with Crippen molar-refractivity contribution in [1.29, 1.82) is 0 Å². The third-order valence-corrected chi connectivity index (χ3v) is 2.00. The molecule has 0 amide bonds. The molecule has 0 bridgehead atoms. The van der Waals surface area contributed by atoms with Crippen LogP contribution in [0.4, 0.5) is 0 Å². The first kappa shape index (κ1) is 12.3. The summed E-state index contributed by atoms with van der Waals surface area (Å²) in [5.74, 6) is 0. The maximum atomic E-state index is 8.40. The summed E-state index contributed by atoms with van der Waals surface area (Å²) in [7, 11) is 1.69. The Labute approximate surface area is 96.2 Å². The van der Waals surface area contributed by atoms with Crippen LogP contribution in [0.25, 0.3) is 6.08 Å². The lowest BCUT2D eigenvalue weighted by molar-refractivity contribution is 0.185. The van der Waals surface area contributed by atoms with Gasteiger partial charge in [0.2, 0.25) is 0 Å². The molecule has 0 atom stereocenters. The van der Waals surface area contributed by atoms with E-state index >= 15 is 0 Å². The van der Waals surface area contributed by atoms with Crippen molar-refractivity contribution < 1.29 is 9.84 Å². The number of ether oxygens (including phenoxy) is 1. The van der Waals surface area contributed by atoms with E-state index < -0.39 is 0 Å². The number of methoxy groups -OCH3 is 1. The van der Waals surface area contributed by atoms with Gasteiger partial charge in [-0.1, -0.05) is 48.6 Å². The predicted octanol–water partition coefficient (Wildman–Crippen LogP) is 3.47. The largest absolute Gasteiger partial charge is 0.516 e. The molecule has 0 saturated heterocycles. The van der Waals surface area contributed by atoms with Crippen molar-refractivity contribution in [3.8, 4) is 0 Å². The normalized spacial score (nSPS) is 12.1. The smallest absolute Gasteiger partial charge is 0.0791 e. The molecular weight excluding hydrogens is 200 g/mol. The Balaban J connectivity index is 2.54. The van der Waals surface area contributed by atoms with Gasteiger partial charge in [0.15, 0.2) is 0 Å². The monoisotopic (exact) mass is 216 g/mol.